The number of hydrogen-bond donors (Lipinski definition) is 0. The van der Waals surface area contributed by atoms with Gasteiger partial charge in [-0.1, -0.05) is 44.7 Å². The van der Waals surface area contributed by atoms with E-state index in [2.05, 4.69) is 6.92 Å². The van der Waals surface area contributed by atoms with Crippen LogP contribution in [0.5, 0.6) is 5.75 Å². The van der Waals surface area contributed by atoms with Gasteiger partial charge in [-0.25, -0.2) is 4.39 Å². The van der Waals surface area contributed by atoms with Gasteiger partial charge in [0.05, 0.1) is 6.26 Å². The van der Waals surface area contributed by atoms with E-state index in [-0.39, 0.29) is 11.7 Å². The summed E-state index contributed by atoms with van der Waals surface area (Å²) in [6, 6.07) is 3.28. The van der Waals surface area contributed by atoms with Gasteiger partial charge in [-0.3, -0.25) is 0 Å². The van der Waals surface area contributed by atoms with E-state index in [0.29, 0.717) is 5.56 Å². The smallest absolute Gasteiger partial charge is 0.201 e. The summed E-state index contributed by atoms with van der Waals surface area (Å²) in [5, 5.41) is 0. The topological polar surface area (TPSA) is 9.23 Å². The van der Waals surface area contributed by atoms with Crippen LogP contribution in [0.1, 0.15) is 89.5 Å². The molecule has 1 aromatic carbocycles. The Morgan fingerprint density at radius 3 is 2.15 bits per heavy atom. The van der Waals surface area contributed by atoms with Crippen LogP contribution in [-0.2, 0) is 0 Å². The quantitative estimate of drug-likeness (QED) is 0.461. The molecule has 27 heavy (non-hydrogen) atoms. The van der Waals surface area contributed by atoms with E-state index < -0.39 is 11.6 Å². The SMILES string of the molecule is CC=COc1ccc(C2CCC(C3CCC(CCC)CC3)CC2)c(F)c1F. The standard InChI is InChI=1S/C24H34F2O/c1-3-5-17-6-8-18(9-7-17)19-10-12-20(13-11-19)21-14-15-22(27-16-4-2)24(26)23(21)25/h4,14-20H,3,5-13H2,1-2H3. The number of hydrogen-bond acceptors (Lipinski definition) is 1. The molecule has 0 atom stereocenters. The molecule has 0 bridgehead atoms. The highest BCUT2D eigenvalue weighted by molar-refractivity contribution is 5.33. The van der Waals surface area contributed by atoms with Gasteiger partial charge in [0.1, 0.15) is 0 Å². The van der Waals surface area contributed by atoms with Gasteiger partial charge in [0.15, 0.2) is 11.6 Å². The van der Waals surface area contributed by atoms with E-state index in [1.165, 1.54) is 44.8 Å². The van der Waals surface area contributed by atoms with Gasteiger partial charge in [0.25, 0.3) is 0 Å². The zero-order valence-electron chi connectivity index (χ0n) is 16.9. The Kier molecular flexibility index (Phi) is 7.32. The van der Waals surface area contributed by atoms with Gasteiger partial charge in [0.2, 0.25) is 5.82 Å². The molecule has 1 aromatic rings. The molecule has 0 aromatic heterocycles. The number of benzene rings is 1. The van der Waals surface area contributed by atoms with Crippen molar-refractivity contribution in [2.24, 2.45) is 17.8 Å². The summed E-state index contributed by atoms with van der Waals surface area (Å²) >= 11 is 0. The second kappa shape index (κ2) is 9.71. The fourth-order valence-electron chi connectivity index (χ4n) is 5.35. The Bertz CT molecular complexity index is 624. The first-order chi connectivity index (χ1) is 13.1. The molecular formula is C24H34F2O. The van der Waals surface area contributed by atoms with Crippen molar-refractivity contribution in [1.29, 1.82) is 0 Å². The lowest BCUT2D eigenvalue weighted by atomic mass is 9.68. The highest BCUT2D eigenvalue weighted by Gasteiger charge is 2.32. The van der Waals surface area contributed by atoms with Gasteiger partial charge >= 0.3 is 0 Å². The average Bonchev–Trinajstić information content (AvgIpc) is 2.70. The Hall–Kier alpha value is -1.38. The van der Waals surface area contributed by atoms with E-state index in [1.807, 2.05) is 0 Å². The number of ether oxygens (including phenoxy) is 1. The summed E-state index contributed by atoms with van der Waals surface area (Å²) in [6.45, 7) is 4.06. The summed E-state index contributed by atoms with van der Waals surface area (Å²) in [4.78, 5) is 0. The largest absolute Gasteiger partial charge is 0.462 e. The maximum atomic E-state index is 14.6. The van der Waals surface area contributed by atoms with E-state index in [1.54, 1.807) is 25.1 Å². The van der Waals surface area contributed by atoms with E-state index in [9.17, 15) is 8.78 Å². The summed E-state index contributed by atoms with van der Waals surface area (Å²) in [5.41, 5.74) is 0.533. The Labute approximate surface area is 163 Å². The molecule has 0 N–H and O–H groups in total. The average molecular weight is 377 g/mol. The first-order valence-electron chi connectivity index (χ1n) is 10.9. The number of halogens is 2. The summed E-state index contributed by atoms with van der Waals surface area (Å²) in [6.07, 6.45) is 15.5. The molecule has 0 radical (unpaired) electrons. The minimum absolute atomic E-state index is 0.0353. The van der Waals surface area contributed by atoms with E-state index >= 15 is 0 Å². The van der Waals surface area contributed by atoms with Crippen molar-refractivity contribution in [3.8, 4) is 5.75 Å². The van der Waals surface area contributed by atoms with Crippen LogP contribution in [0.3, 0.4) is 0 Å². The molecule has 3 heteroatoms. The van der Waals surface area contributed by atoms with Crippen molar-refractivity contribution in [3.05, 3.63) is 41.7 Å². The maximum absolute atomic E-state index is 14.6. The predicted molar refractivity (Wildman–Crippen MR) is 107 cm³/mol. The molecule has 0 unspecified atom stereocenters. The molecule has 150 valence electrons. The second-order valence-electron chi connectivity index (χ2n) is 8.55. The summed E-state index contributed by atoms with van der Waals surface area (Å²) in [5.74, 6) is 1.12. The lowest BCUT2D eigenvalue weighted by Crippen LogP contribution is -2.25. The van der Waals surface area contributed by atoms with Crippen molar-refractivity contribution in [2.75, 3.05) is 0 Å². The fourth-order valence-corrected chi connectivity index (χ4v) is 5.35. The van der Waals surface area contributed by atoms with Crippen LogP contribution < -0.4 is 4.74 Å². The highest BCUT2D eigenvalue weighted by Crippen LogP contribution is 2.45. The second-order valence-corrected chi connectivity index (χ2v) is 8.55. The molecule has 0 heterocycles. The molecule has 0 saturated heterocycles. The van der Waals surface area contributed by atoms with Crippen molar-refractivity contribution >= 4 is 0 Å². The third-order valence-corrected chi connectivity index (χ3v) is 6.87. The lowest BCUT2D eigenvalue weighted by molar-refractivity contribution is 0.156. The zero-order chi connectivity index (χ0) is 19.2. The van der Waals surface area contributed by atoms with Gasteiger partial charge in [-0.05, 0) is 80.8 Å². The molecule has 0 amide bonds. The number of allylic oxidation sites excluding steroid dienone is 1. The van der Waals surface area contributed by atoms with Crippen LogP contribution >= 0.6 is 0 Å². The van der Waals surface area contributed by atoms with Crippen LogP contribution in [0.25, 0.3) is 0 Å². The van der Waals surface area contributed by atoms with Gasteiger partial charge in [0, 0.05) is 0 Å². The molecule has 2 fully saturated rings. The van der Waals surface area contributed by atoms with E-state index in [4.69, 9.17) is 4.74 Å². The molecule has 2 saturated carbocycles. The Morgan fingerprint density at radius 1 is 0.926 bits per heavy atom. The molecule has 2 aliphatic carbocycles. The minimum atomic E-state index is -0.859. The molecule has 2 aliphatic rings. The van der Waals surface area contributed by atoms with E-state index in [0.717, 1.165) is 43.4 Å². The zero-order valence-corrected chi connectivity index (χ0v) is 16.9. The lowest BCUT2D eigenvalue weighted by Gasteiger charge is -2.38. The highest BCUT2D eigenvalue weighted by atomic mass is 19.2. The Morgan fingerprint density at radius 2 is 1.56 bits per heavy atom. The molecular weight excluding hydrogens is 342 g/mol. The van der Waals surface area contributed by atoms with Crippen LogP contribution in [0, 0.1) is 29.4 Å². The molecule has 3 rings (SSSR count). The monoisotopic (exact) mass is 376 g/mol. The molecule has 0 aliphatic heterocycles. The number of rotatable bonds is 6. The third-order valence-electron chi connectivity index (χ3n) is 6.87. The van der Waals surface area contributed by atoms with Crippen LogP contribution in [0.15, 0.2) is 24.5 Å². The van der Waals surface area contributed by atoms with Crippen LogP contribution in [0.2, 0.25) is 0 Å². The van der Waals surface area contributed by atoms with Crippen LogP contribution in [0.4, 0.5) is 8.78 Å². The first kappa shape index (κ1) is 20.4. The minimum Gasteiger partial charge on any atom is -0.462 e. The first-order valence-corrected chi connectivity index (χ1v) is 10.9. The Balaban J connectivity index is 1.56. The van der Waals surface area contributed by atoms with Crippen molar-refractivity contribution in [2.45, 2.75) is 84.0 Å². The predicted octanol–water partition coefficient (Wildman–Crippen LogP) is 7.76. The van der Waals surface area contributed by atoms with Crippen molar-refractivity contribution in [3.63, 3.8) is 0 Å². The fraction of sp³-hybridized carbons (Fsp3) is 0.667. The molecule has 1 nitrogen and oxygen atoms in total. The van der Waals surface area contributed by atoms with Gasteiger partial charge in [-0.15, -0.1) is 0 Å². The maximum Gasteiger partial charge on any atom is 0.201 e. The summed E-state index contributed by atoms with van der Waals surface area (Å²) in [7, 11) is 0. The van der Waals surface area contributed by atoms with Crippen LogP contribution in [-0.4, -0.2) is 0 Å². The normalized spacial score (nSPS) is 29.2. The van der Waals surface area contributed by atoms with Crippen molar-refractivity contribution < 1.29 is 13.5 Å². The van der Waals surface area contributed by atoms with Gasteiger partial charge < -0.3 is 4.74 Å². The molecule has 0 spiro atoms. The summed E-state index contributed by atoms with van der Waals surface area (Å²) < 4.78 is 34.0. The third kappa shape index (κ3) is 4.92. The van der Waals surface area contributed by atoms with Gasteiger partial charge in [-0.2, -0.15) is 4.39 Å². The van der Waals surface area contributed by atoms with Crippen molar-refractivity contribution in [1.82, 2.24) is 0 Å².